The second-order valence-electron chi connectivity index (χ2n) is 3.46. The fourth-order valence-electron chi connectivity index (χ4n) is 1.57. The van der Waals surface area contributed by atoms with Crippen molar-refractivity contribution in [3.63, 3.8) is 0 Å². The smallest absolute Gasteiger partial charge is 0.0626 e. The summed E-state index contributed by atoms with van der Waals surface area (Å²) in [7, 11) is 0. The number of rotatable bonds is 1. The highest BCUT2D eigenvalue weighted by Crippen LogP contribution is 2.30. The van der Waals surface area contributed by atoms with Crippen LogP contribution in [0.4, 0.5) is 0 Å². The van der Waals surface area contributed by atoms with E-state index >= 15 is 0 Å². The molecule has 0 bridgehead atoms. The molecule has 1 fully saturated rings. The highest BCUT2D eigenvalue weighted by Gasteiger charge is 2.13. The third-order valence-electron chi connectivity index (χ3n) is 2.36. The Morgan fingerprint density at radius 1 is 1.07 bits per heavy atom. The topological polar surface area (TPSA) is 9.23 Å². The maximum absolute atomic E-state index is 5.68. The molecule has 1 aromatic rings. The quantitative estimate of drug-likeness (QED) is 0.746. The summed E-state index contributed by atoms with van der Waals surface area (Å²) in [6.07, 6.45) is 0. The molecule has 1 saturated heterocycles. The Balaban J connectivity index is 1.99. The van der Waals surface area contributed by atoms with E-state index in [1.54, 1.807) is 0 Å². The van der Waals surface area contributed by atoms with Crippen molar-refractivity contribution in [3.8, 4) is 0 Å². The predicted octanol–water partition coefficient (Wildman–Crippen LogP) is 3.22. The van der Waals surface area contributed by atoms with Gasteiger partial charge in [-0.2, -0.15) is 23.5 Å². The first-order valence-electron chi connectivity index (χ1n) is 5.29. The standard InChI is InChI=1S/C12H16OS2/c1-2-4-11(5-3-1)12-10-13-6-7-14-8-9-15-12/h1-5,12H,6-10H2. The molecule has 1 aliphatic heterocycles. The van der Waals surface area contributed by atoms with Crippen molar-refractivity contribution < 1.29 is 4.74 Å². The van der Waals surface area contributed by atoms with Crippen LogP contribution in [0.3, 0.4) is 0 Å². The van der Waals surface area contributed by atoms with Gasteiger partial charge in [-0.15, -0.1) is 0 Å². The van der Waals surface area contributed by atoms with Crippen LogP contribution in [0.1, 0.15) is 10.8 Å². The second kappa shape index (κ2) is 6.46. The maximum Gasteiger partial charge on any atom is 0.0626 e. The zero-order chi connectivity index (χ0) is 10.3. The van der Waals surface area contributed by atoms with Crippen LogP contribution in [-0.4, -0.2) is 30.5 Å². The van der Waals surface area contributed by atoms with Gasteiger partial charge >= 0.3 is 0 Å². The molecule has 1 aliphatic rings. The van der Waals surface area contributed by atoms with Crippen molar-refractivity contribution in [1.29, 1.82) is 0 Å². The van der Waals surface area contributed by atoms with Crippen LogP contribution < -0.4 is 0 Å². The molecule has 1 nitrogen and oxygen atoms in total. The van der Waals surface area contributed by atoms with E-state index in [1.165, 1.54) is 17.1 Å². The maximum atomic E-state index is 5.68. The molecule has 1 heterocycles. The first kappa shape index (κ1) is 11.4. The van der Waals surface area contributed by atoms with Crippen molar-refractivity contribution in [1.82, 2.24) is 0 Å². The van der Waals surface area contributed by atoms with Crippen molar-refractivity contribution >= 4 is 23.5 Å². The van der Waals surface area contributed by atoms with Crippen molar-refractivity contribution in [2.24, 2.45) is 0 Å². The molecule has 1 atom stereocenters. The van der Waals surface area contributed by atoms with Gasteiger partial charge in [0, 0.05) is 17.3 Å². The summed E-state index contributed by atoms with van der Waals surface area (Å²) in [5, 5.41) is 0.518. The molecule has 0 amide bonds. The number of hydrogen-bond acceptors (Lipinski definition) is 3. The molecule has 0 N–H and O–H groups in total. The van der Waals surface area contributed by atoms with Crippen molar-refractivity contribution in [3.05, 3.63) is 35.9 Å². The van der Waals surface area contributed by atoms with Gasteiger partial charge in [0.1, 0.15) is 0 Å². The molecule has 0 aromatic heterocycles. The van der Waals surface area contributed by atoms with Crippen LogP contribution in [-0.2, 0) is 4.74 Å². The number of hydrogen-bond donors (Lipinski definition) is 0. The average Bonchev–Trinajstić information content (AvgIpc) is 2.43. The van der Waals surface area contributed by atoms with Gasteiger partial charge in [-0.05, 0) is 5.56 Å². The van der Waals surface area contributed by atoms with Crippen LogP contribution in [0.25, 0.3) is 0 Å². The minimum absolute atomic E-state index is 0.518. The molecule has 15 heavy (non-hydrogen) atoms. The minimum atomic E-state index is 0.518. The first-order valence-corrected chi connectivity index (χ1v) is 7.49. The van der Waals surface area contributed by atoms with Gasteiger partial charge in [-0.1, -0.05) is 30.3 Å². The Kier molecular flexibility index (Phi) is 4.90. The van der Waals surface area contributed by atoms with Crippen LogP contribution in [0.2, 0.25) is 0 Å². The molecule has 2 rings (SSSR count). The molecule has 82 valence electrons. The Bertz CT molecular complexity index is 266. The Hall–Kier alpha value is -0.120. The Morgan fingerprint density at radius 3 is 2.80 bits per heavy atom. The molecule has 0 radical (unpaired) electrons. The highest BCUT2D eigenvalue weighted by molar-refractivity contribution is 8.03. The van der Waals surface area contributed by atoms with E-state index in [4.69, 9.17) is 4.74 Å². The normalized spacial score (nSPS) is 23.9. The zero-order valence-electron chi connectivity index (χ0n) is 8.72. The highest BCUT2D eigenvalue weighted by atomic mass is 32.2. The SMILES string of the molecule is c1ccc(C2COCCSCCS2)cc1. The minimum Gasteiger partial charge on any atom is -0.379 e. The van der Waals surface area contributed by atoms with E-state index in [-0.39, 0.29) is 0 Å². The Morgan fingerprint density at radius 2 is 1.93 bits per heavy atom. The van der Waals surface area contributed by atoms with Gasteiger partial charge in [0.2, 0.25) is 0 Å². The lowest BCUT2D eigenvalue weighted by molar-refractivity contribution is 0.151. The fraction of sp³-hybridized carbons (Fsp3) is 0.500. The summed E-state index contributed by atoms with van der Waals surface area (Å²) in [4.78, 5) is 0. The summed E-state index contributed by atoms with van der Waals surface area (Å²) in [6.45, 7) is 1.75. The summed E-state index contributed by atoms with van der Waals surface area (Å²) in [5.74, 6) is 3.62. The summed E-state index contributed by atoms with van der Waals surface area (Å²) >= 11 is 4.01. The molecule has 1 aromatic carbocycles. The summed E-state index contributed by atoms with van der Waals surface area (Å²) in [6, 6.07) is 10.7. The third-order valence-corrected chi connectivity index (χ3v) is 4.82. The van der Waals surface area contributed by atoms with Crippen molar-refractivity contribution in [2.75, 3.05) is 30.5 Å². The molecule has 0 spiro atoms. The molecule has 0 aliphatic carbocycles. The first-order chi connectivity index (χ1) is 7.47. The summed E-state index contributed by atoms with van der Waals surface area (Å²) in [5.41, 5.74) is 1.40. The van der Waals surface area contributed by atoms with E-state index < -0.39 is 0 Å². The number of benzene rings is 1. The lowest BCUT2D eigenvalue weighted by Crippen LogP contribution is -2.06. The van der Waals surface area contributed by atoms with E-state index in [0.717, 1.165) is 19.0 Å². The van der Waals surface area contributed by atoms with Crippen LogP contribution in [0, 0.1) is 0 Å². The summed E-state index contributed by atoms with van der Waals surface area (Å²) < 4.78 is 5.68. The van der Waals surface area contributed by atoms with E-state index in [9.17, 15) is 0 Å². The average molecular weight is 240 g/mol. The molecule has 0 saturated carbocycles. The van der Waals surface area contributed by atoms with Gasteiger partial charge in [0.25, 0.3) is 0 Å². The molecular weight excluding hydrogens is 224 g/mol. The zero-order valence-corrected chi connectivity index (χ0v) is 10.4. The van der Waals surface area contributed by atoms with Crippen molar-refractivity contribution in [2.45, 2.75) is 5.25 Å². The van der Waals surface area contributed by atoms with E-state index in [0.29, 0.717) is 5.25 Å². The van der Waals surface area contributed by atoms with Crippen LogP contribution in [0.5, 0.6) is 0 Å². The van der Waals surface area contributed by atoms with E-state index in [1.807, 2.05) is 23.5 Å². The predicted molar refractivity (Wildman–Crippen MR) is 69.8 cm³/mol. The fourth-order valence-corrected chi connectivity index (χ4v) is 3.69. The molecular formula is C12H16OS2. The van der Waals surface area contributed by atoms with Gasteiger partial charge < -0.3 is 4.74 Å². The van der Waals surface area contributed by atoms with Gasteiger partial charge in [0.05, 0.1) is 18.5 Å². The number of thioether (sulfide) groups is 2. The lowest BCUT2D eigenvalue weighted by Gasteiger charge is -2.15. The van der Waals surface area contributed by atoms with E-state index in [2.05, 4.69) is 30.3 Å². The lowest BCUT2D eigenvalue weighted by atomic mass is 10.1. The van der Waals surface area contributed by atoms with Gasteiger partial charge in [-0.3, -0.25) is 0 Å². The third kappa shape index (κ3) is 3.74. The second-order valence-corrected chi connectivity index (χ2v) is 5.99. The van der Waals surface area contributed by atoms with Gasteiger partial charge in [-0.25, -0.2) is 0 Å². The van der Waals surface area contributed by atoms with Crippen LogP contribution in [0.15, 0.2) is 30.3 Å². The van der Waals surface area contributed by atoms with Gasteiger partial charge in [0.15, 0.2) is 0 Å². The molecule has 1 unspecified atom stereocenters. The Labute approximate surface area is 100.0 Å². The van der Waals surface area contributed by atoms with Crippen LogP contribution >= 0.6 is 23.5 Å². The monoisotopic (exact) mass is 240 g/mol. The number of ether oxygens (including phenoxy) is 1. The molecule has 3 heteroatoms. The largest absolute Gasteiger partial charge is 0.379 e.